The van der Waals surface area contributed by atoms with Crippen LogP contribution in [0.2, 0.25) is 0 Å². The van der Waals surface area contributed by atoms with Crippen LogP contribution in [-0.2, 0) is 27.4 Å². The Balaban J connectivity index is 1.80. The van der Waals surface area contributed by atoms with Crippen LogP contribution in [0.25, 0.3) is 0 Å². The molecule has 25 heavy (non-hydrogen) atoms. The zero-order chi connectivity index (χ0) is 18.1. The number of nitrogens with one attached hydrogen (secondary N) is 2. The molecular formula is C20H24N2O3. The predicted molar refractivity (Wildman–Crippen MR) is 98.2 cm³/mol. The van der Waals surface area contributed by atoms with Crippen LogP contribution in [0.3, 0.4) is 0 Å². The third kappa shape index (κ3) is 6.77. The minimum absolute atomic E-state index is 0.233. The van der Waals surface area contributed by atoms with Crippen LogP contribution >= 0.6 is 0 Å². The van der Waals surface area contributed by atoms with E-state index in [1.54, 1.807) is 6.92 Å². The Morgan fingerprint density at radius 3 is 2.48 bits per heavy atom. The number of hydrogen-bond acceptors (Lipinski definition) is 3. The van der Waals surface area contributed by atoms with Crippen molar-refractivity contribution in [2.24, 2.45) is 0 Å². The molecule has 2 amide bonds. The van der Waals surface area contributed by atoms with Gasteiger partial charge in [0.1, 0.15) is 6.04 Å². The third-order valence-corrected chi connectivity index (χ3v) is 3.65. The average molecular weight is 340 g/mol. The van der Waals surface area contributed by atoms with Crippen LogP contribution < -0.4 is 10.6 Å². The molecule has 132 valence electrons. The second kappa shape index (κ2) is 9.59. The standard InChI is InChI=1S/C20H24N2O3/c1-15(21-16(2)23)20(24)22-19-10-6-9-18(13-19)14-25-12-11-17-7-4-3-5-8-17/h3-10,13,15H,11-12,14H2,1-2H3,(H,21,23)(H,22,24). The minimum Gasteiger partial charge on any atom is -0.376 e. The zero-order valence-corrected chi connectivity index (χ0v) is 14.6. The molecule has 1 atom stereocenters. The Morgan fingerprint density at radius 1 is 1.04 bits per heavy atom. The van der Waals surface area contributed by atoms with Crippen LogP contribution in [-0.4, -0.2) is 24.5 Å². The van der Waals surface area contributed by atoms with Crippen molar-refractivity contribution in [2.75, 3.05) is 11.9 Å². The highest BCUT2D eigenvalue weighted by Crippen LogP contribution is 2.12. The maximum Gasteiger partial charge on any atom is 0.246 e. The molecule has 0 spiro atoms. The quantitative estimate of drug-likeness (QED) is 0.726. The molecule has 0 saturated carbocycles. The van der Waals surface area contributed by atoms with E-state index in [0.717, 1.165) is 12.0 Å². The molecule has 0 radical (unpaired) electrons. The molecule has 2 aromatic rings. The predicted octanol–water partition coefficient (Wildman–Crippen LogP) is 2.91. The van der Waals surface area contributed by atoms with Gasteiger partial charge in [-0.05, 0) is 36.6 Å². The van der Waals surface area contributed by atoms with Gasteiger partial charge in [0.25, 0.3) is 0 Å². The first-order chi connectivity index (χ1) is 12.0. The second-order valence-corrected chi connectivity index (χ2v) is 5.90. The monoisotopic (exact) mass is 340 g/mol. The van der Waals surface area contributed by atoms with E-state index in [1.165, 1.54) is 12.5 Å². The van der Waals surface area contributed by atoms with Crippen LogP contribution in [0.1, 0.15) is 25.0 Å². The maximum atomic E-state index is 12.0. The first-order valence-electron chi connectivity index (χ1n) is 8.33. The molecule has 2 N–H and O–H groups in total. The number of rotatable bonds is 8. The fourth-order valence-corrected chi connectivity index (χ4v) is 2.38. The van der Waals surface area contributed by atoms with Gasteiger partial charge in [0.15, 0.2) is 0 Å². The van der Waals surface area contributed by atoms with Crippen molar-refractivity contribution in [2.45, 2.75) is 32.9 Å². The molecule has 5 nitrogen and oxygen atoms in total. The number of hydrogen-bond donors (Lipinski definition) is 2. The normalized spacial score (nSPS) is 11.6. The molecule has 0 aromatic heterocycles. The van der Waals surface area contributed by atoms with Crippen molar-refractivity contribution >= 4 is 17.5 Å². The number of anilines is 1. The zero-order valence-electron chi connectivity index (χ0n) is 14.6. The summed E-state index contributed by atoms with van der Waals surface area (Å²) in [4.78, 5) is 23.0. The van der Waals surface area contributed by atoms with Crippen molar-refractivity contribution in [1.82, 2.24) is 5.32 Å². The highest BCUT2D eigenvalue weighted by atomic mass is 16.5. The van der Waals surface area contributed by atoms with Crippen molar-refractivity contribution in [3.05, 3.63) is 65.7 Å². The van der Waals surface area contributed by atoms with E-state index in [1.807, 2.05) is 42.5 Å². The van der Waals surface area contributed by atoms with Gasteiger partial charge in [-0.15, -0.1) is 0 Å². The Morgan fingerprint density at radius 2 is 1.76 bits per heavy atom. The summed E-state index contributed by atoms with van der Waals surface area (Å²) < 4.78 is 5.71. The minimum atomic E-state index is -0.580. The fourth-order valence-electron chi connectivity index (χ4n) is 2.38. The van der Waals surface area contributed by atoms with Crippen molar-refractivity contribution in [3.8, 4) is 0 Å². The van der Waals surface area contributed by atoms with Gasteiger partial charge in [-0.25, -0.2) is 0 Å². The summed E-state index contributed by atoms with van der Waals surface area (Å²) in [6, 6.07) is 17.1. The second-order valence-electron chi connectivity index (χ2n) is 5.90. The van der Waals surface area contributed by atoms with Crippen molar-refractivity contribution in [3.63, 3.8) is 0 Å². The number of ether oxygens (including phenoxy) is 1. The van der Waals surface area contributed by atoms with Crippen molar-refractivity contribution in [1.29, 1.82) is 0 Å². The van der Waals surface area contributed by atoms with Gasteiger partial charge in [0, 0.05) is 12.6 Å². The molecule has 0 heterocycles. The summed E-state index contributed by atoms with van der Waals surface area (Å²) in [6.07, 6.45) is 0.867. The van der Waals surface area contributed by atoms with E-state index in [-0.39, 0.29) is 11.8 Å². The fraction of sp³-hybridized carbons (Fsp3) is 0.300. The van der Waals surface area contributed by atoms with E-state index < -0.39 is 6.04 Å². The Bertz CT molecular complexity index is 701. The lowest BCUT2D eigenvalue weighted by molar-refractivity contribution is -0.124. The third-order valence-electron chi connectivity index (χ3n) is 3.65. The molecule has 5 heteroatoms. The van der Waals surface area contributed by atoms with Gasteiger partial charge < -0.3 is 15.4 Å². The smallest absolute Gasteiger partial charge is 0.246 e. The first-order valence-corrected chi connectivity index (χ1v) is 8.33. The van der Waals surface area contributed by atoms with E-state index in [2.05, 4.69) is 22.8 Å². The summed E-state index contributed by atoms with van der Waals surface area (Å²) in [7, 11) is 0. The summed E-state index contributed by atoms with van der Waals surface area (Å²) in [5.74, 6) is -0.486. The summed E-state index contributed by atoms with van der Waals surface area (Å²) in [6.45, 7) is 4.16. The molecule has 0 aliphatic heterocycles. The summed E-state index contributed by atoms with van der Waals surface area (Å²) >= 11 is 0. The average Bonchev–Trinajstić information content (AvgIpc) is 2.59. The van der Waals surface area contributed by atoms with Gasteiger partial charge in [-0.2, -0.15) is 0 Å². The van der Waals surface area contributed by atoms with Gasteiger partial charge in [0.05, 0.1) is 13.2 Å². The Kier molecular flexibility index (Phi) is 7.16. The number of benzene rings is 2. The number of amides is 2. The van der Waals surface area contributed by atoms with Crippen LogP contribution in [0.5, 0.6) is 0 Å². The molecular weight excluding hydrogens is 316 g/mol. The number of carbonyl (C=O) groups excluding carboxylic acids is 2. The molecule has 0 aliphatic carbocycles. The van der Waals surface area contributed by atoms with Gasteiger partial charge in [-0.3, -0.25) is 9.59 Å². The Hall–Kier alpha value is -2.66. The van der Waals surface area contributed by atoms with Gasteiger partial charge >= 0.3 is 0 Å². The topological polar surface area (TPSA) is 67.4 Å². The maximum absolute atomic E-state index is 12.0. The van der Waals surface area contributed by atoms with Crippen LogP contribution in [0.4, 0.5) is 5.69 Å². The SMILES string of the molecule is CC(=O)NC(C)C(=O)Nc1cccc(COCCc2ccccc2)c1. The van der Waals surface area contributed by atoms with Crippen molar-refractivity contribution < 1.29 is 14.3 Å². The number of carbonyl (C=O) groups is 2. The van der Waals surface area contributed by atoms with Gasteiger partial charge in [-0.1, -0.05) is 42.5 Å². The lowest BCUT2D eigenvalue weighted by Gasteiger charge is -2.13. The van der Waals surface area contributed by atoms with E-state index >= 15 is 0 Å². The van der Waals surface area contributed by atoms with E-state index in [0.29, 0.717) is 18.9 Å². The molecule has 2 rings (SSSR count). The van der Waals surface area contributed by atoms with Crippen LogP contribution in [0.15, 0.2) is 54.6 Å². The lowest BCUT2D eigenvalue weighted by atomic mass is 10.2. The Labute approximate surface area is 148 Å². The summed E-state index contributed by atoms with van der Waals surface area (Å²) in [5.41, 5.74) is 2.92. The van der Waals surface area contributed by atoms with Crippen LogP contribution in [0, 0.1) is 0 Å². The largest absolute Gasteiger partial charge is 0.376 e. The molecule has 0 aliphatic rings. The van der Waals surface area contributed by atoms with E-state index in [9.17, 15) is 9.59 Å². The lowest BCUT2D eigenvalue weighted by Crippen LogP contribution is -2.40. The molecule has 2 aromatic carbocycles. The van der Waals surface area contributed by atoms with E-state index in [4.69, 9.17) is 4.74 Å². The molecule has 0 saturated heterocycles. The van der Waals surface area contributed by atoms with Gasteiger partial charge in [0.2, 0.25) is 11.8 Å². The highest BCUT2D eigenvalue weighted by Gasteiger charge is 2.13. The molecule has 1 unspecified atom stereocenters. The summed E-state index contributed by atoms with van der Waals surface area (Å²) in [5, 5.41) is 5.35. The molecule has 0 fully saturated rings. The highest BCUT2D eigenvalue weighted by molar-refractivity contribution is 5.96. The molecule has 0 bridgehead atoms. The first kappa shape index (κ1) is 18.7.